The highest BCUT2D eigenvalue weighted by atomic mass is 16.4. The number of rotatable bonds is 3. The van der Waals surface area contributed by atoms with Gasteiger partial charge in [-0.3, -0.25) is 9.48 Å². The van der Waals surface area contributed by atoms with Crippen LogP contribution in [0.15, 0.2) is 36.5 Å². The Labute approximate surface area is 139 Å². The van der Waals surface area contributed by atoms with Gasteiger partial charge < -0.3 is 10.0 Å². The third-order valence-corrected chi connectivity index (χ3v) is 5.60. The summed E-state index contributed by atoms with van der Waals surface area (Å²) in [7, 11) is 1.87. The number of carboxylic acids is 1. The number of hydrogen-bond donors (Lipinski definition) is 1. The van der Waals surface area contributed by atoms with E-state index in [2.05, 4.69) is 5.10 Å². The molecule has 6 nitrogen and oxygen atoms in total. The lowest BCUT2D eigenvalue weighted by Gasteiger charge is -2.46. The molecule has 2 aromatic rings. The lowest BCUT2D eigenvalue weighted by molar-refractivity contribution is -0.157. The lowest BCUT2D eigenvalue weighted by atomic mass is 9.67. The number of aliphatic carboxylic acids is 1. The summed E-state index contributed by atoms with van der Waals surface area (Å²) < 4.78 is 1.77. The maximum atomic E-state index is 12.9. The van der Waals surface area contributed by atoms with Crippen LogP contribution in [0.25, 0.3) is 11.3 Å². The molecule has 1 N–H and O–H groups in total. The largest absolute Gasteiger partial charge is 0.479 e. The summed E-state index contributed by atoms with van der Waals surface area (Å²) >= 11 is 0. The van der Waals surface area contributed by atoms with Crippen LogP contribution in [0, 0.1) is 5.92 Å². The van der Waals surface area contributed by atoms with Gasteiger partial charge in [0.05, 0.1) is 5.69 Å². The molecule has 1 saturated heterocycles. The van der Waals surface area contributed by atoms with E-state index < -0.39 is 11.5 Å². The highest BCUT2D eigenvalue weighted by Gasteiger charge is 2.61. The van der Waals surface area contributed by atoms with E-state index in [1.165, 1.54) is 0 Å². The first-order valence-electron chi connectivity index (χ1n) is 8.18. The summed E-state index contributed by atoms with van der Waals surface area (Å²) in [5.41, 5.74) is 1.51. The van der Waals surface area contributed by atoms with E-state index in [0.717, 1.165) is 24.1 Å². The van der Waals surface area contributed by atoms with Crippen molar-refractivity contribution in [3.8, 4) is 11.3 Å². The second-order valence-electron chi connectivity index (χ2n) is 6.63. The van der Waals surface area contributed by atoms with Gasteiger partial charge >= 0.3 is 5.97 Å². The minimum Gasteiger partial charge on any atom is -0.479 e. The molecule has 0 unspecified atom stereocenters. The van der Waals surface area contributed by atoms with E-state index >= 15 is 0 Å². The van der Waals surface area contributed by atoms with E-state index in [0.29, 0.717) is 18.5 Å². The smallest absolute Gasteiger partial charge is 0.329 e. The van der Waals surface area contributed by atoms with E-state index in [-0.39, 0.29) is 11.8 Å². The Hall–Kier alpha value is -2.63. The number of likely N-dealkylation sites (tertiary alicyclic amines) is 1. The van der Waals surface area contributed by atoms with Crippen LogP contribution in [0.5, 0.6) is 0 Å². The van der Waals surface area contributed by atoms with E-state index in [1.807, 2.05) is 25.2 Å². The number of fused-ring (bicyclic) bond motifs is 1. The van der Waals surface area contributed by atoms with Crippen molar-refractivity contribution in [3.05, 3.63) is 42.1 Å². The molecular weight excluding hydrogens is 306 g/mol. The minimum absolute atomic E-state index is 0.104. The SMILES string of the molecule is Cn1nccc1-c1ccc(C(=O)N2CC[C@@H]3CC[C@@]32C(=O)O)cc1. The van der Waals surface area contributed by atoms with Crippen molar-refractivity contribution in [2.45, 2.75) is 24.8 Å². The van der Waals surface area contributed by atoms with Gasteiger partial charge in [0.1, 0.15) is 5.54 Å². The third kappa shape index (κ3) is 1.92. The van der Waals surface area contributed by atoms with Crippen LogP contribution in [-0.4, -0.2) is 43.7 Å². The van der Waals surface area contributed by atoms with Gasteiger partial charge in [0.2, 0.25) is 0 Å². The molecule has 1 aromatic carbocycles. The molecule has 0 bridgehead atoms. The summed E-state index contributed by atoms with van der Waals surface area (Å²) in [6.45, 7) is 0.527. The average Bonchev–Trinajstić information content (AvgIpc) is 3.08. The molecule has 1 saturated carbocycles. The van der Waals surface area contributed by atoms with E-state index in [4.69, 9.17) is 0 Å². The maximum Gasteiger partial charge on any atom is 0.329 e. The fourth-order valence-corrected chi connectivity index (χ4v) is 4.12. The van der Waals surface area contributed by atoms with Crippen molar-refractivity contribution in [3.63, 3.8) is 0 Å². The van der Waals surface area contributed by atoms with Gasteiger partial charge in [0, 0.05) is 25.4 Å². The number of hydrogen-bond acceptors (Lipinski definition) is 3. The zero-order chi connectivity index (χ0) is 16.9. The van der Waals surface area contributed by atoms with Crippen molar-refractivity contribution >= 4 is 11.9 Å². The number of amides is 1. The van der Waals surface area contributed by atoms with Gasteiger partial charge in [-0.25, -0.2) is 4.79 Å². The fourth-order valence-electron chi connectivity index (χ4n) is 4.12. The molecule has 2 aliphatic rings. The zero-order valence-electron chi connectivity index (χ0n) is 13.5. The van der Waals surface area contributed by atoms with Gasteiger partial charge in [0.25, 0.3) is 5.91 Å². The van der Waals surface area contributed by atoms with Crippen LogP contribution >= 0.6 is 0 Å². The Bertz CT molecular complexity index is 811. The predicted molar refractivity (Wildman–Crippen MR) is 87.4 cm³/mol. The Morgan fingerprint density at radius 2 is 1.96 bits per heavy atom. The Kier molecular flexibility index (Phi) is 3.23. The van der Waals surface area contributed by atoms with Crippen molar-refractivity contribution in [2.24, 2.45) is 13.0 Å². The first kappa shape index (κ1) is 14.9. The normalized spacial score (nSPS) is 25.2. The van der Waals surface area contributed by atoms with Gasteiger partial charge in [-0.2, -0.15) is 5.10 Å². The summed E-state index contributed by atoms with van der Waals surface area (Å²) in [5, 5.41) is 13.8. The first-order chi connectivity index (χ1) is 11.5. The van der Waals surface area contributed by atoms with Crippen LogP contribution < -0.4 is 0 Å². The third-order valence-electron chi connectivity index (χ3n) is 5.60. The summed E-state index contributed by atoms with van der Waals surface area (Å²) in [6, 6.07) is 9.21. The molecule has 2 fully saturated rings. The first-order valence-corrected chi connectivity index (χ1v) is 8.18. The Balaban J connectivity index is 1.61. The van der Waals surface area contributed by atoms with E-state index in [9.17, 15) is 14.7 Å². The van der Waals surface area contributed by atoms with Crippen molar-refractivity contribution in [1.82, 2.24) is 14.7 Å². The molecule has 2 atom stereocenters. The van der Waals surface area contributed by atoms with Crippen LogP contribution in [0.4, 0.5) is 0 Å². The van der Waals surface area contributed by atoms with Gasteiger partial charge in [-0.15, -0.1) is 0 Å². The van der Waals surface area contributed by atoms with Crippen molar-refractivity contribution in [1.29, 1.82) is 0 Å². The van der Waals surface area contributed by atoms with Gasteiger partial charge in [-0.1, -0.05) is 12.1 Å². The van der Waals surface area contributed by atoms with Gasteiger partial charge in [-0.05, 0) is 48.9 Å². The highest BCUT2D eigenvalue weighted by molar-refractivity contribution is 5.99. The molecule has 0 spiro atoms. The highest BCUT2D eigenvalue weighted by Crippen LogP contribution is 2.50. The zero-order valence-corrected chi connectivity index (χ0v) is 13.5. The quantitative estimate of drug-likeness (QED) is 0.938. The molecular formula is C18H19N3O3. The maximum absolute atomic E-state index is 12.9. The molecule has 0 radical (unpaired) electrons. The van der Waals surface area contributed by atoms with Crippen molar-refractivity contribution < 1.29 is 14.7 Å². The molecule has 1 aromatic heterocycles. The summed E-state index contributed by atoms with van der Waals surface area (Å²) in [6.07, 6.45) is 3.97. The molecule has 124 valence electrons. The van der Waals surface area contributed by atoms with Crippen LogP contribution in [0.3, 0.4) is 0 Å². The van der Waals surface area contributed by atoms with Crippen LogP contribution in [0.1, 0.15) is 29.6 Å². The number of aryl methyl sites for hydroxylation is 1. The van der Waals surface area contributed by atoms with Crippen molar-refractivity contribution in [2.75, 3.05) is 6.54 Å². The number of nitrogens with zero attached hydrogens (tertiary/aromatic N) is 3. The fraction of sp³-hybridized carbons (Fsp3) is 0.389. The Morgan fingerprint density at radius 3 is 2.50 bits per heavy atom. The monoisotopic (exact) mass is 325 g/mol. The Morgan fingerprint density at radius 1 is 1.21 bits per heavy atom. The lowest BCUT2D eigenvalue weighted by Crippen LogP contribution is -2.61. The molecule has 4 rings (SSSR count). The molecule has 24 heavy (non-hydrogen) atoms. The topological polar surface area (TPSA) is 75.4 Å². The summed E-state index contributed by atoms with van der Waals surface area (Å²) in [5.74, 6) is -0.945. The van der Waals surface area contributed by atoms with Crippen LogP contribution in [-0.2, 0) is 11.8 Å². The van der Waals surface area contributed by atoms with E-state index in [1.54, 1.807) is 27.9 Å². The average molecular weight is 325 g/mol. The van der Waals surface area contributed by atoms with Gasteiger partial charge in [0.15, 0.2) is 0 Å². The van der Waals surface area contributed by atoms with Crippen LogP contribution in [0.2, 0.25) is 0 Å². The molecule has 1 aliphatic heterocycles. The number of benzene rings is 1. The molecule has 1 amide bonds. The minimum atomic E-state index is -0.974. The predicted octanol–water partition coefficient (Wildman–Crippen LogP) is 2.17. The number of carbonyl (C=O) groups is 2. The number of aromatic nitrogens is 2. The standard InChI is InChI=1S/C18H19N3O3/c1-20-15(7-10-19-20)12-2-4-13(5-3-12)16(22)21-11-8-14-6-9-18(14,21)17(23)24/h2-5,7,10,14H,6,8-9,11H2,1H3,(H,23,24)/t14-,18-/m0/s1. The molecule has 1 aliphatic carbocycles. The number of carboxylic acid groups (broad SMARTS) is 1. The second-order valence-corrected chi connectivity index (χ2v) is 6.63. The molecule has 6 heteroatoms. The second kappa shape index (κ2) is 5.19. The summed E-state index contributed by atoms with van der Waals surface area (Å²) in [4.78, 5) is 26.2. The molecule has 2 heterocycles. The number of carbonyl (C=O) groups excluding carboxylic acids is 1.